The Morgan fingerprint density at radius 1 is 1.05 bits per heavy atom. The minimum atomic E-state index is -0.591. The summed E-state index contributed by atoms with van der Waals surface area (Å²) in [6, 6.07) is 7.96. The Morgan fingerprint density at radius 2 is 1.70 bits per heavy atom. The Morgan fingerprint density at radius 3 is 2.30 bits per heavy atom. The van der Waals surface area contributed by atoms with E-state index in [1.165, 1.54) is 24.3 Å². The van der Waals surface area contributed by atoms with E-state index in [0.717, 1.165) is 0 Å². The largest absolute Gasteiger partial charge is 0.306 e. The summed E-state index contributed by atoms with van der Waals surface area (Å²) in [5.74, 6) is -1.55. The third kappa shape index (κ3) is 3.41. The quantitative estimate of drug-likeness (QED) is 0.847. The molecule has 0 aromatic heterocycles. The first-order chi connectivity index (χ1) is 9.49. The van der Waals surface area contributed by atoms with Gasteiger partial charge in [0.25, 0.3) is 0 Å². The molecule has 5 heteroatoms. The van der Waals surface area contributed by atoms with E-state index in [0.29, 0.717) is 16.6 Å². The predicted octanol–water partition coefficient (Wildman–Crippen LogP) is 4.72. The van der Waals surface area contributed by atoms with Crippen LogP contribution in [0.3, 0.4) is 0 Å². The van der Waals surface area contributed by atoms with E-state index in [1.54, 1.807) is 19.1 Å². The van der Waals surface area contributed by atoms with Crippen molar-refractivity contribution in [1.29, 1.82) is 0 Å². The van der Waals surface area contributed by atoms with Crippen LogP contribution in [0.1, 0.15) is 24.1 Å². The molecule has 1 N–H and O–H groups in total. The number of halogens is 4. The molecule has 0 saturated heterocycles. The lowest BCUT2D eigenvalue weighted by Gasteiger charge is -2.16. The van der Waals surface area contributed by atoms with Crippen LogP contribution in [0.5, 0.6) is 0 Å². The third-order valence-corrected chi connectivity index (χ3v) is 3.67. The smallest absolute Gasteiger partial charge is 0.137 e. The molecule has 0 aliphatic rings. The molecule has 2 rings (SSSR count). The minimum absolute atomic E-state index is 0.00918. The number of benzene rings is 2. The summed E-state index contributed by atoms with van der Waals surface area (Å²) in [6.07, 6.45) is 0. The lowest BCUT2D eigenvalue weighted by atomic mass is 10.1. The van der Waals surface area contributed by atoms with Crippen LogP contribution in [0.4, 0.5) is 13.2 Å². The van der Waals surface area contributed by atoms with Crippen molar-refractivity contribution in [2.75, 3.05) is 0 Å². The van der Waals surface area contributed by atoms with Crippen molar-refractivity contribution in [2.45, 2.75) is 19.5 Å². The molecule has 0 spiro atoms. The van der Waals surface area contributed by atoms with Crippen molar-refractivity contribution in [3.8, 4) is 0 Å². The summed E-state index contributed by atoms with van der Waals surface area (Å²) < 4.78 is 40.9. The van der Waals surface area contributed by atoms with Crippen LogP contribution in [0, 0.1) is 17.5 Å². The Kier molecular flexibility index (Phi) is 4.83. The number of nitrogens with one attached hydrogen (secondary N) is 1. The summed E-state index contributed by atoms with van der Waals surface area (Å²) in [5, 5.41) is 2.98. The maximum Gasteiger partial charge on any atom is 0.137 e. The van der Waals surface area contributed by atoms with Gasteiger partial charge >= 0.3 is 0 Å². The second kappa shape index (κ2) is 6.41. The Labute approximate surface area is 123 Å². The molecule has 20 heavy (non-hydrogen) atoms. The van der Waals surface area contributed by atoms with Gasteiger partial charge in [-0.05, 0) is 52.7 Å². The lowest BCUT2D eigenvalue weighted by Crippen LogP contribution is -2.20. The highest BCUT2D eigenvalue weighted by Gasteiger charge is 2.15. The van der Waals surface area contributed by atoms with Crippen LogP contribution in [-0.2, 0) is 6.54 Å². The monoisotopic (exact) mass is 343 g/mol. The molecular weight excluding hydrogens is 331 g/mol. The standard InChI is InChI=1S/C15H13BrF3N/c1-9(15-12(17)3-2-4-13(15)18)20-8-10-5-6-11(16)14(19)7-10/h2-7,9,20H,8H2,1H3. The molecular formula is C15H13BrF3N. The third-order valence-electron chi connectivity index (χ3n) is 3.03. The topological polar surface area (TPSA) is 12.0 Å². The lowest BCUT2D eigenvalue weighted by molar-refractivity contribution is 0.487. The van der Waals surface area contributed by atoms with Crippen molar-refractivity contribution in [1.82, 2.24) is 5.32 Å². The zero-order chi connectivity index (χ0) is 14.7. The molecule has 0 radical (unpaired) electrons. The van der Waals surface area contributed by atoms with Gasteiger partial charge in [0.15, 0.2) is 0 Å². The average molecular weight is 344 g/mol. The molecule has 106 valence electrons. The normalized spacial score (nSPS) is 12.4. The van der Waals surface area contributed by atoms with Gasteiger partial charge in [0, 0.05) is 18.2 Å². The second-order valence-corrected chi connectivity index (χ2v) is 5.34. The van der Waals surface area contributed by atoms with Crippen molar-refractivity contribution >= 4 is 15.9 Å². The maximum atomic E-state index is 13.6. The van der Waals surface area contributed by atoms with E-state index < -0.39 is 17.7 Å². The van der Waals surface area contributed by atoms with Gasteiger partial charge in [0.2, 0.25) is 0 Å². The predicted molar refractivity (Wildman–Crippen MR) is 75.7 cm³/mol. The Bertz CT molecular complexity index is 596. The first kappa shape index (κ1) is 15.1. The minimum Gasteiger partial charge on any atom is -0.306 e. The summed E-state index contributed by atoms with van der Waals surface area (Å²) >= 11 is 3.07. The molecule has 0 fully saturated rings. The summed E-state index contributed by atoms with van der Waals surface area (Å²) in [5.41, 5.74) is 0.694. The first-order valence-electron chi connectivity index (χ1n) is 6.10. The van der Waals surface area contributed by atoms with E-state index in [9.17, 15) is 13.2 Å². The van der Waals surface area contributed by atoms with Crippen LogP contribution >= 0.6 is 15.9 Å². The SMILES string of the molecule is CC(NCc1ccc(Br)c(F)c1)c1c(F)cccc1F. The van der Waals surface area contributed by atoms with Crippen LogP contribution in [0.2, 0.25) is 0 Å². The fourth-order valence-electron chi connectivity index (χ4n) is 1.95. The zero-order valence-corrected chi connectivity index (χ0v) is 12.3. The average Bonchev–Trinajstić information content (AvgIpc) is 2.40. The molecule has 2 aromatic rings. The molecule has 0 heterocycles. The van der Waals surface area contributed by atoms with Gasteiger partial charge < -0.3 is 5.32 Å². The van der Waals surface area contributed by atoms with Crippen molar-refractivity contribution in [2.24, 2.45) is 0 Å². The van der Waals surface area contributed by atoms with Crippen LogP contribution in [-0.4, -0.2) is 0 Å². The molecule has 0 amide bonds. The van der Waals surface area contributed by atoms with Gasteiger partial charge in [-0.25, -0.2) is 13.2 Å². The Balaban J connectivity index is 2.08. The summed E-state index contributed by atoms with van der Waals surface area (Å²) in [4.78, 5) is 0. The second-order valence-electron chi connectivity index (χ2n) is 4.49. The van der Waals surface area contributed by atoms with E-state index in [4.69, 9.17) is 0 Å². The van der Waals surface area contributed by atoms with E-state index >= 15 is 0 Å². The summed E-state index contributed by atoms with van der Waals surface area (Å²) in [6.45, 7) is 1.98. The van der Waals surface area contributed by atoms with Crippen LogP contribution in [0.25, 0.3) is 0 Å². The van der Waals surface area contributed by atoms with Crippen molar-refractivity contribution in [3.05, 3.63) is 69.4 Å². The zero-order valence-electron chi connectivity index (χ0n) is 10.8. The number of hydrogen-bond donors (Lipinski definition) is 1. The maximum absolute atomic E-state index is 13.6. The molecule has 2 aromatic carbocycles. The van der Waals surface area contributed by atoms with Crippen LogP contribution in [0.15, 0.2) is 40.9 Å². The van der Waals surface area contributed by atoms with Gasteiger partial charge in [-0.2, -0.15) is 0 Å². The van der Waals surface area contributed by atoms with Gasteiger partial charge in [-0.3, -0.25) is 0 Å². The van der Waals surface area contributed by atoms with Gasteiger partial charge in [0.05, 0.1) is 4.47 Å². The summed E-state index contributed by atoms with van der Waals surface area (Å²) in [7, 11) is 0. The van der Waals surface area contributed by atoms with Gasteiger partial charge in [-0.1, -0.05) is 12.1 Å². The van der Waals surface area contributed by atoms with Crippen molar-refractivity contribution in [3.63, 3.8) is 0 Å². The van der Waals surface area contributed by atoms with E-state index in [1.807, 2.05) is 0 Å². The molecule has 0 aliphatic heterocycles. The highest BCUT2D eigenvalue weighted by molar-refractivity contribution is 9.10. The molecule has 1 nitrogen and oxygen atoms in total. The van der Waals surface area contributed by atoms with E-state index in [-0.39, 0.29) is 11.4 Å². The Hall–Kier alpha value is -1.33. The molecule has 0 bridgehead atoms. The molecule has 0 aliphatic carbocycles. The fraction of sp³-hybridized carbons (Fsp3) is 0.200. The van der Waals surface area contributed by atoms with Crippen LogP contribution < -0.4 is 5.32 Å². The number of hydrogen-bond acceptors (Lipinski definition) is 1. The van der Waals surface area contributed by atoms with Gasteiger partial charge in [0.1, 0.15) is 17.5 Å². The first-order valence-corrected chi connectivity index (χ1v) is 6.89. The van der Waals surface area contributed by atoms with Gasteiger partial charge in [-0.15, -0.1) is 0 Å². The van der Waals surface area contributed by atoms with Crippen molar-refractivity contribution < 1.29 is 13.2 Å². The highest BCUT2D eigenvalue weighted by Crippen LogP contribution is 2.21. The molecule has 0 saturated carbocycles. The number of rotatable bonds is 4. The fourth-order valence-corrected chi connectivity index (χ4v) is 2.19. The van der Waals surface area contributed by atoms with E-state index in [2.05, 4.69) is 21.2 Å². The molecule has 1 unspecified atom stereocenters. The molecule has 1 atom stereocenters. The highest BCUT2D eigenvalue weighted by atomic mass is 79.9.